The van der Waals surface area contributed by atoms with Crippen molar-refractivity contribution >= 4 is 71.6 Å². The largest absolute Gasteiger partial charge is 0.454 e. The van der Waals surface area contributed by atoms with E-state index in [1.807, 2.05) is 0 Å². The van der Waals surface area contributed by atoms with Crippen molar-refractivity contribution in [2.45, 2.75) is 0 Å². The summed E-state index contributed by atoms with van der Waals surface area (Å²) >= 11 is 0. The van der Waals surface area contributed by atoms with E-state index in [0.29, 0.717) is 0 Å². The fourth-order valence-corrected chi connectivity index (χ4v) is 9.43. The maximum absolute atomic E-state index is 7.04. The number of benzene rings is 10. The first-order chi connectivity index (χ1) is 30.3. The zero-order chi connectivity index (χ0) is 40.3. The lowest BCUT2D eigenvalue weighted by Gasteiger charge is -2.28. The molecule has 0 saturated heterocycles. The van der Waals surface area contributed by atoms with E-state index in [-0.39, 0.29) is 0 Å². The lowest BCUT2D eigenvalue weighted by Crippen LogP contribution is -2.11. The molecule has 3 heteroatoms. The molecule has 0 N–H and O–H groups in total. The van der Waals surface area contributed by atoms with Gasteiger partial charge in [0.25, 0.3) is 0 Å². The molecule has 0 unspecified atom stereocenters. The molecule has 2 heterocycles. The van der Waals surface area contributed by atoms with Crippen molar-refractivity contribution in [3.63, 3.8) is 0 Å². The third-order valence-electron chi connectivity index (χ3n) is 12.2. The van der Waals surface area contributed by atoms with Gasteiger partial charge >= 0.3 is 0 Å². The Morgan fingerprint density at radius 3 is 1.77 bits per heavy atom. The normalized spacial score (nSPS) is 11.6. The molecule has 61 heavy (non-hydrogen) atoms. The molecule has 3 nitrogen and oxygen atoms in total. The van der Waals surface area contributed by atoms with Crippen molar-refractivity contribution in [2.75, 3.05) is 4.90 Å². The lowest BCUT2D eigenvalue weighted by atomic mass is 9.95. The van der Waals surface area contributed by atoms with E-state index in [1.54, 1.807) is 0 Å². The molecule has 0 fully saturated rings. The van der Waals surface area contributed by atoms with Crippen LogP contribution in [-0.2, 0) is 0 Å². The van der Waals surface area contributed by atoms with Crippen molar-refractivity contribution in [1.29, 1.82) is 0 Å². The molecule has 0 aliphatic heterocycles. The standard InChI is InChI=1S/C58H38N2O/c1-4-16-39(17-5-1)40-32-35-45(36-33-40)60(51-26-12-10-22-46(51)41-18-6-2-7-19-41)54-29-15-25-49-57-50-38-43(31-30-42(50)34-37-55(57)61-58(49)54)47-24-14-28-53-56(47)48-23-11-13-27-52(48)59(53)44-20-8-3-9-21-44/h1-38H. The molecule has 12 rings (SSSR count). The van der Waals surface area contributed by atoms with Gasteiger partial charge in [-0.15, -0.1) is 0 Å². The van der Waals surface area contributed by atoms with E-state index in [0.717, 1.165) is 61.2 Å². The SMILES string of the molecule is c1ccc(-c2ccc(N(c3ccccc3-c3ccccc3)c3cccc4c3oc3ccc5ccc(-c6cccc7c6c6ccccc6n7-c6ccccc6)cc5c34)cc2)cc1. The molecular weight excluding hydrogens is 741 g/mol. The van der Waals surface area contributed by atoms with Gasteiger partial charge in [0.05, 0.1) is 22.4 Å². The van der Waals surface area contributed by atoms with Crippen LogP contribution >= 0.6 is 0 Å². The lowest BCUT2D eigenvalue weighted by molar-refractivity contribution is 0.669. The highest BCUT2D eigenvalue weighted by atomic mass is 16.3. The molecule has 12 aromatic rings. The number of anilines is 3. The van der Waals surface area contributed by atoms with Gasteiger partial charge in [-0.05, 0) is 99.3 Å². The Labute approximate surface area is 353 Å². The van der Waals surface area contributed by atoms with Crippen LogP contribution in [0.3, 0.4) is 0 Å². The summed E-state index contributed by atoms with van der Waals surface area (Å²) in [5.74, 6) is 0. The Morgan fingerprint density at radius 2 is 0.951 bits per heavy atom. The Bertz CT molecular complexity index is 3570. The van der Waals surface area contributed by atoms with E-state index >= 15 is 0 Å². The maximum Gasteiger partial charge on any atom is 0.159 e. The number of furan rings is 1. The summed E-state index contributed by atoms with van der Waals surface area (Å²) in [5.41, 5.74) is 15.4. The molecule has 0 saturated carbocycles. The van der Waals surface area contributed by atoms with Gasteiger partial charge in [0, 0.05) is 38.5 Å². The van der Waals surface area contributed by atoms with Gasteiger partial charge in [0.1, 0.15) is 5.58 Å². The summed E-state index contributed by atoms with van der Waals surface area (Å²) < 4.78 is 9.42. The van der Waals surface area contributed by atoms with Gasteiger partial charge in [0.15, 0.2) is 5.58 Å². The quantitative estimate of drug-likeness (QED) is 0.161. The van der Waals surface area contributed by atoms with Crippen LogP contribution in [0.15, 0.2) is 235 Å². The van der Waals surface area contributed by atoms with Gasteiger partial charge < -0.3 is 13.9 Å². The molecule has 0 amide bonds. The van der Waals surface area contributed by atoms with Gasteiger partial charge in [-0.3, -0.25) is 0 Å². The fraction of sp³-hybridized carbons (Fsp3) is 0. The summed E-state index contributed by atoms with van der Waals surface area (Å²) in [6, 6.07) is 82.7. The molecule has 0 aliphatic rings. The highest BCUT2D eigenvalue weighted by Gasteiger charge is 2.23. The van der Waals surface area contributed by atoms with Crippen molar-refractivity contribution < 1.29 is 4.42 Å². The van der Waals surface area contributed by atoms with Crippen LogP contribution in [0.4, 0.5) is 17.1 Å². The van der Waals surface area contributed by atoms with E-state index in [9.17, 15) is 0 Å². The third-order valence-corrected chi connectivity index (χ3v) is 12.2. The van der Waals surface area contributed by atoms with Crippen molar-refractivity contribution in [3.05, 3.63) is 231 Å². The molecule has 10 aromatic carbocycles. The zero-order valence-electron chi connectivity index (χ0n) is 33.2. The molecule has 0 aliphatic carbocycles. The van der Waals surface area contributed by atoms with E-state index in [2.05, 4.69) is 240 Å². The van der Waals surface area contributed by atoms with Crippen molar-refractivity contribution in [3.8, 4) is 39.1 Å². The summed E-state index contributed by atoms with van der Waals surface area (Å²) in [7, 11) is 0. The molecule has 286 valence electrons. The van der Waals surface area contributed by atoms with Crippen LogP contribution < -0.4 is 4.90 Å². The first-order valence-corrected chi connectivity index (χ1v) is 20.8. The molecule has 0 atom stereocenters. The molecule has 0 spiro atoms. The third kappa shape index (κ3) is 5.74. The Morgan fingerprint density at radius 1 is 0.361 bits per heavy atom. The Balaban J connectivity index is 1.07. The smallest absolute Gasteiger partial charge is 0.159 e. The van der Waals surface area contributed by atoms with E-state index in [1.165, 1.54) is 49.4 Å². The number of hydrogen-bond acceptors (Lipinski definition) is 2. The number of fused-ring (bicyclic) bond motifs is 8. The molecule has 2 aromatic heterocycles. The van der Waals surface area contributed by atoms with Gasteiger partial charge in [-0.25, -0.2) is 0 Å². The second kappa shape index (κ2) is 14.3. The fourth-order valence-electron chi connectivity index (χ4n) is 9.43. The number of hydrogen-bond donors (Lipinski definition) is 0. The first kappa shape index (κ1) is 34.9. The highest BCUT2D eigenvalue weighted by Crippen LogP contribution is 2.47. The minimum Gasteiger partial charge on any atom is -0.454 e. The summed E-state index contributed by atoms with van der Waals surface area (Å²) in [6.45, 7) is 0. The average molecular weight is 779 g/mol. The van der Waals surface area contributed by atoms with Gasteiger partial charge in [-0.2, -0.15) is 0 Å². The first-order valence-electron chi connectivity index (χ1n) is 20.8. The predicted molar refractivity (Wildman–Crippen MR) is 257 cm³/mol. The van der Waals surface area contributed by atoms with E-state index < -0.39 is 0 Å². The summed E-state index contributed by atoms with van der Waals surface area (Å²) in [5, 5.41) is 7.02. The van der Waals surface area contributed by atoms with Crippen LogP contribution in [0, 0.1) is 0 Å². The van der Waals surface area contributed by atoms with Crippen LogP contribution in [0.1, 0.15) is 0 Å². The number of nitrogens with zero attached hydrogens (tertiary/aromatic N) is 2. The molecule has 0 bridgehead atoms. The molecule has 0 radical (unpaired) electrons. The summed E-state index contributed by atoms with van der Waals surface area (Å²) in [4.78, 5) is 2.36. The van der Waals surface area contributed by atoms with Crippen molar-refractivity contribution in [1.82, 2.24) is 4.57 Å². The minimum absolute atomic E-state index is 0.846. The Hall–Kier alpha value is -8.14. The van der Waals surface area contributed by atoms with Crippen molar-refractivity contribution in [2.24, 2.45) is 0 Å². The number of aromatic nitrogens is 1. The average Bonchev–Trinajstić information content (AvgIpc) is 3.90. The topological polar surface area (TPSA) is 21.3 Å². The van der Waals surface area contributed by atoms with E-state index in [4.69, 9.17) is 4.42 Å². The van der Waals surface area contributed by atoms with Crippen LogP contribution in [0.2, 0.25) is 0 Å². The minimum atomic E-state index is 0.846. The predicted octanol–water partition coefficient (Wildman–Crippen LogP) is 16.3. The number of para-hydroxylation sites is 4. The second-order valence-corrected chi connectivity index (χ2v) is 15.6. The van der Waals surface area contributed by atoms with Crippen LogP contribution in [0.25, 0.3) is 93.6 Å². The van der Waals surface area contributed by atoms with Crippen LogP contribution in [-0.4, -0.2) is 4.57 Å². The summed E-state index contributed by atoms with van der Waals surface area (Å²) in [6.07, 6.45) is 0. The Kier molecular flexibility index (Phi) is 8.17. The monoisotopic (exact) mass is 778 g/mol. The maximum atomic E-state index is 7.04. The van der Waals surface area contributed by atoms with Gasteiger partial charge in [-0.1, -0.05) is 170 Å². The van der Waals surface area contributed by atoms with Gasteiger partial charge in [0.2, 0.25) is 0 Å². The highest BCUT2D eigenvalue weighted by molar-refractivity contribution is 6.22. The molecular formula is C58H38N2O. The second-order valence-electron chi connectivity index (χ2n) is 15.6. The number of rotatable bonds is 7. The van der Waals surface area contributed by atoms with Crippen LogP contribution in [0.5, 0.6) is 0 Å². The zero-order valence-corrected chi connectivity index (χ0v) is 33.2.